The van der Waals surface area contributed by atoms with Crippen molar-refractivity contribution in [3.63, 3.8) is 0 Å². The molecule has 0 aromatic heterocycles. The molecule has 1 aliphatic carbocycles. The molecule has 80 valence electrons. The van der Waals surface area contributed by atoms with Gasteiger partial charge in [0.15, 0.2) is 0 Å². The Hall–Kier alpha value is -0.570. The number of hydrogen-bond donors (Lipinski definition) is 2. The second-order valence-electron chi connectivity index (χ2n) is 4.71. The van der Waals surface area contributed by atoms with Crippen molar-refractivity contribution in [2.24, 2.45) is 23.5 Å². The van der Waals surface area contributed by atoms with Crippen LogP contribution in [0.25, 0.3) is 0 Å². The van der Waals surface area contributed by atoms with Crippen molar-refractivity contribution < 1.29 is 4.79 Å². The molecule has 2 rings (SSSR count). The summed E-state index contributed by atoms with van der Waals surface area (Å²) in [5.74, 6) is 2.09. The highest BCUT2D eigenvalue weighted by atomic mass is 16.1. The molecule has 0 bridgehead atoms. The van der Waals surface area contributed by atoms with Crippen LogP contribution >= 0.6 is 0 Å². The van der Waals surface area contributed by atoms with Crippen LogP contribution in [-0.4, -0.2) is 19.0 Å². The summed E-state index contributed by atoms with van der Waals surface area (Å²) in [4.78, 5) is 11.1. The Morgan fingerprint density at radius 1 is 1.36 bits per heavy atom. The molecular formula is C11H20N2O. The van der Waals surface area contributed by atoms with Crippen LogP contribution in [0.15, 0.2) is 0 Å². The van der Waals surface area contributed by atoms with Crippen molar-refractivity contribution in [3.05, 3.63) is 0 Å². The molecule has 1 saturated carbocycles. The fourth-order valence-electron chi connectivity index (χ4n) is 3.09. The van der Waals surface area contributed by atoms with Gasteiger partial charge in [-0.15, -0.1) is 0 Å². The summed E-state index contributed by atoms with van der Waals surface area (Å²) in [6.07, 6.45) is 6.07. The van der Waals surface area contributed by atoms with Crippen LogP contribution in [0, 0.1) is 17.8 Å². The third-order valence-corrected chi connectivity index (χ3v) is 3.89. The van der Waals surface area contributed by atoms with Crippen LogP contribution in [-0.2, 0) is 4.79 Å². The fourth-order valence-corrected chi connectivity index (χ4v) is 3.09. The SMILES string of the molecule is NCC(C1CCCC1)C1CNC(=O)C1. The van der Waals surface area contributed by atoms with Gasteiger partial charge in [-0.3, -0.25) is 4.79 Å². The molecule has 3 N–H and O–H groups in total. The van der Waals surface area contributed by atoms with Gasteiger partial charge in [-0.1, -0.05) is 25.7 Å². The molecule has 1 saturated heterocycles. The van der Waals surface area contributed by atoms with Gasteiger partial charge in [0.05, 0.1) is 0 Å². The fraction of sp³-hybridized carbons (Fsp3) is 0.909. The van der Waals surface area contributed by atoms with Gasteiger partial charge in [0.1, 0.15) is 0 Å². The van der Waals surface area contributed by atoms with Gasteiger partial charge in [0.25, 0.3) is 0 Å². The molecule has 0 aromatic carbocycles. The molecule has 0 spiro atoms. The first-order valence-corrected chi connectivity index (χ1v) is 5.78. The van der Waals surface area contributed by atoms with Crippen LogP contribution in [0.4, 0.5) is 0 Å². The number of amides is 1. The number of hydrogen-bond acceptors (Lipinski definition) is 2. The van der Waals surface area contributed by atoms with Gasteiger partial charge in [0.2, 0.25) is 5.91 Å². The predicted octanol–water partition coefficient (Wildman–Crippen LogP) is 0.888. The summed E-state index contributed by atoms with van der Waals surface area (Å²) in [7, 11) is 0. The number of carbonyl (C=O) groups is 1. The summed E-state index contributed by atoms with van der Waals surface area (Å²) in [5.41, 5.74) is 5.84. The second-order valence-corrected chi connectivity index (χ2v) is 4.71. The summed E-state index contributed by atoms with van der Waals surface area (Å²) in [6, 6.07) is 0. The smallest absolute Gasteiger partial charge is 0.220 e. The molecule has 0 aromatic rings. The molecule has 1 heterocycles. The highest BCUT2D eigenvalue weighted by Crippen LogP contribution is 2.36. The first kappa shape index (κ1) is 9.97. The summed E-state index contributed by atoms with van der Waals surface area (Å²) in [5, 5.41) is 2.91. The topological polar surface area (TPSA) is 55.1 Å². The third-order valence-electron chi connectivity index (χ3n) is 3.89. The van der Waals surface area contributed by atoms with Gasteiger partial charge < -0.3 is 11.1 Å². The molecule has 3 heteroatoms. The molecule has 14 heavy (non-hydrogen) atoms. The normalized spacial score (nSPS) is 30.6. The van der Waals surface area contributed by atoms with Gasteiger partial charge >= 0.3 is 0 Å². The van der Waals surface area contributed by atoms with Crippen LogP contribution in [0.3, 0.4) is 0 Å². The standard InChI is InChI=1S/C11H20N2O/c12-6-10(8-3-1-2-4-8)9-5-11(14)13-7-9/h8-10H,1-7,12H2,(H,13,14). The molecule has 1 amide bonds. The Kier molecular flexibility index (Phi) is 3.06. The van der Waals surface area contributed by atoms with E-state index in [2.05, 4.69) is 5.32 Å². The van der Waals surface area contributed by atoms with Crippen LogP contribution in [0.5, 0.6) is 0 Å². The Labute approximate surface area is 85.4 Å². The van der Waals surface area contributed by atoms with Crippen LogP contribution in [0.1, 0.15) is 32.1 Å². The van der Waals surface area contributed by atoms with E-state index < -0.39 is 0 Å². The maximum Gasteiger partial charge on any atom is 0.220 e. The molecule has 2 unspecified atom stereocenters. The van der Waals surface area contributed by atoms with Gasteiger partial charge in [-0.05, 0) is 24.3 Å². The van der Waals surface area contributed by atoms with E-state index in [1.54, 1.807) is 0 Å². The minimum atomic E-state index is 0.214. The maximum absolute atomic E-state index is 11.1. The van der Waals surface area contributed by atoms with Crippen molar-refractivity contribution >= 4 is 5.91 Å². The average molecular weight is 196 g/mol. The van der Waals surface area contributed by atoms with Crippen molar-refractivity contribution in [3.8, 4) is 0 Å². The lowest BCUT2D eigenvalue weighted by atomic mass is 9.80. The Morgan fingerprint density at radius 3 is 2.57 bits per heavy atom. The monoisotopic (exact) mass is 196 g/mol. The minimum absolute atomic E-state index is 0.214. The van der Waals surface area contributed by atoms with Gasteiger partial charge in [-0.25, -0.2) is 0 Å². The molecular weight excluding hydrogens is 176 g/mol. The van der Waals surface area contributed by atoms with E-state index >= 15 is 0 Å². The minimum Gasteiger partial charge on any atom is -0.356 e. The lowest BCUT2D eigenvalue weighted by molar-refractivity contribution is -0.119. The highest BCUT2D eigenvalue weighted by Gasteiger charge is 2.34. The van der Waals surface area contributed by atoms with Gasteiger partial charge in [-0.2, -0.15) is 0 Å². The van der Waals surface area contributed by atoms with E-state index in [-0.39, 0.29) is 5.91 Å². The zero-order valence-electron chi connectivity index (χ0n) is 8.67. The molecule has 1 aliphatic heterocycles. The number of nitrogens with one attached hydrogen (secondary N) is 1. The Balaban J connectivity index is 1.94. The molecule has 0 radical (unpaired) electrons. The summed E-state index contributed by atoms with van der Waals surface area (Å²) >= 11 is 0. The number of carbonyl (C=O) groups excluding carboxylic acids is 1. The van der Waals surface area contributed by atoms with Crippen molar-refractivity contribution in [1.82, 2.24) is 5.32 Å². The highest BCUT2D eigenvalue weighted by molar-refractivity contribution is 5.78. The summed E-state index contributed by atoms with van der Waals surface area (Å²) in [6.45, 7) is 1.61. The first-order valence-electron chi connectivity index (χ1n) is 5.78. The largest absolute Gasteiger partial charge is 0.356 e. The van der Waals surface area contributed by atoms with E-state index in [0.717, 1.165) is 19.0 Å². The zero-order valence-corrected chi connectivity index (χ0v) is 8.67. The van der Waals surface area contributed by atoms with E-state index in [9.17, 15) is 4.79 Å². The molecule has 2 fully saturated rings. The Morgan fingerprint density at radius 2 is 2.07 bits per heavy atom. The molecule has 3 nitrogen and oxygen atoms in total. The number of nitrogens with two attached hydrogens (primary N) is 1. The maximum atomic E-state index is 11.1. The zero-order chi connectivity index (χ0) is 9.97. The van der Waals surface area contributed by atoms with E-state index in [1.807, 2.05) is 0 Å². The van der Waals surface area contributed by atoms with Gasteiger partial charge in [0, 0.05) is 13.0 Å². The van der Waals surface area contributed by atoms with Crippen LogP contribution < -0.4 is 11.1 Å². The van der Waals surface area contributed by atoms with E-state index in [4.69, 9.17) is 5.73 Å². The summed E-state index contributed by atoms with van der Waals surface area (Å²) < 4.78 is 0. The molecule has 2 atom stereocenters. The lowest BCUT2D eigenvalue weighted by Crippen LogP contribution is -2.30. The lowest BCUT2D eigenvalue weighted by Gasteiger charge is -2.26. The predicted molar refractivity (Wildman–Crippen MR) is 55.6 cm³/mol. The van der Waals surface area contributed by atoms with Crippen molar-refractivity contribution in [2.45, 2.75) is 32.1 Å². The average Bonchev–Trinajstić information content (AvgIpc) is 2.79. The quantitative estimate of drug-likeness (QED) is 0.704. The molecule has 2 aliphatic rings. The van der Waals surface area contributed by atoms with Crippen molar-refractivity contribution in [1.29, 1.82) is 0 Å². The third kappa shape index (κ3) is 1.92. The van der Waals surface area contributed by atoms with E-state index in [0.29, 0.717) is 18.3 Å². The number of rotatable bonds is 3. The first-order chi connectivity index (χ1) is 6.81. The second kappa shape index (κ2) is 4.30. The van der Waals surface area contributed by atoms with Crippen molar-refractivity contribution in [2.75, 3.05) is 13.1 Å². The van der Waals surface area contributed by atoms with Crippen LogP contribution in [0.2, 0.25) is 0 Å². The Bertz CT molecular complexity index is 211. The van der Waals surface area contributed by atoms with E-state index in [1.165, 1.54) is 25.7 Å².